The van der Waals surface area contributed by atoms with Crippen LogP contribution in [0.25, 0.3) is 10.9 Å². The zero-order valence-corrected chi connectivity index (χ0v) is 11.2. The topological polar surface area (TPSA) is 133 Å². The predicted molar refractivity (Wildman–Crippen MR) is 73.2 cm³/mol. The molecule has 7 nitrogen and oxygen atoms in total. The first-order valence-electron chi connectivity index (χ1n) is 6.20. The third-order valence-corrected chi connectivity index (χ3v) is 2.97. The highest BCUT2D eigenvalue weighted by Gasteiger charge is 2.18. The Hall–Kier alpha value is -2.47. The largest absolute Gasteiger partial charge is 0.480 e. The molecule has 2 atom stereocenters. The maximum absolute atomic E-state index is 10.6. The zero-order chi connectivity index (χ0) is 15.8. The van der Waals surface area contributed by atoms with Gasteiger partial charge in [-0.3, -0.25) is 4.79 Å². The summed E-state index contributed by atoms with van der Waals surface area (Å²) < 4.78 is 0. The summed E-state index contributed by atoms with van der Waals surface area (Å²) in [6, 6.07) is 6.75. The number of H-pyrrole nitrogens is 1. The lowest BCUT2D eigenvalue weighted by Gasteiger charge is -2.12. The third-order valence-electron chi connectivity index (χ3n) is 2.97. The van der Waals surface area contributed by atoms with Gasteiger partial charge >= 0.3 is 12.1 Å². The number of para-hydroxylation sites is 1. The van der Waals surface area contributed by atoms with Crippen LogP contribution in [0.5, 0.6) is 0 Å². The molecule has 2 aromatic rings. The van der Waals surface area contributed by atoms with E-state index in [-0.39, 0.29) is 12.6 Å². The number of carbonyl (C=O) groups excluding carboxylic acids is 2. The third kappa shape index (κ3) is 4.85. The number of aliphatic hydroxyl groups is 1. The van der Waals surface area contributed by atoms with Gasteiger partial charge in [-0.05, 0) is 18.1 Å². The van der Waals surface area contributed by atoms with Crippen molar-refractivity contribution in [1.29, 1.82) is 0 Å². The van der Waals surface area contributed by atoms with Crippen molar-refractivity contribution in [2.24, 2.45) is 5.73 Å². The highest BCUT2D eigenvalue weighted by atomic mass is 16.4. The molecule has 0 aliphatic rings. The van der Waals surface area contributed by atoms with Gasteiger partial charge in [-0.2, -0.15) is 9.59 Å². The summed E-state index contributed by atoms with van der Waals surface area (Å²) in [5.41, 5.74) is 7.36. The molecule has 0 saturated carbocycles. The van der Waals surface area contributed by atoms with E-state index in [4.69, 9.17) is 20.4 Å². The summed E-state index contributed by atoms with van der Waals surface area (Å²) in [5.74, 6) is -1.09. The maximum Gasteiger partial charge on any atom is 0.373 e. The van der Waals surface area contributed by atoms with Crippen LogP contribution in [0.4, 0.5) is 0 Å². The number of nitrogens with two attached hydrogens (primary N) is 1. The van der Waals surface area contributed by atoms with Crippen LogP contribution in [0.1, 0.15) is 12.0 Å². The van der Waals surface area contributed by atoms with Crippen molar-refractivity contribution >= 4 is 23.0 Å². The summed E-state index contributed by atoms with van der Waals surface area (Å²) in [6.07, 6.45) is 1.77. The molecule has 0 aliphatic carbocycles. The predicted octanol–water partition coefficient (Wildman–Crippen LogP) is 0.290. The summed E-state index contributed by atoms with van der Waals surface area (Å²) in [7, 11) is 0. The Morgan fingerprint density at radius 1 is 1.33 bits per heavy atom. The number of hydrogen-bond donors (Lipinski definition) is 4. The average molecular weight is 292 g/mol. The van der Waals surface area contributed by atoms with E-state index < -0.39 is 18.1 Å². The van der Waals surface area contributed by atoms with Crippen LogP contribution >= 0.6 is 0 Å². The second-order valence-electron chi connectivity index (χ2n) is 4.48. The summed E-state index contributed by atoms with van der Waals surface area (Å²) in [6.45, 7) is 0. The average Bonchev–Trinajstić information content (AvgIpc) is 2.83. The van der Waals surface area contributed by atoms with Gasteiger partial charge in [0.05, 0.1) is 6.10 Å². The van der Waals surface area contributed by atoms with Gasteiger partial charge in [0.1, 0.15) is 6.04 Å². The second kappa shape index (κ2) is 7.96. The normalized spacial score (nSPS) is 12.9. The van der Waals surface area contributed by atoms with Crippen LogP contribution in [-0.4, -0.2) is 39.5 Å². The number of aromatic nitrogens is 1. The van der Waals surface area contributed by atoms with Gasteiger partial charge in [-0.25, -0.2) is 0 Å². The summed E-state index contributed by atoms with van der Waals surface area (Å²) in [5, 5.41) is 19.6. The number of aromatic amines is 1. The van der Waals surface area contributed by atoms with Gasteiger partial charge in [0.25, 0.3) is 0 Å². The van der Waals surface area contributed by atoms with Gasteiger partial charge in [0, 0.05) is 23.5 Å². The maximum atomic E-state index is 10.6. The second-order valence-corrected chi connectivity index (χ2v) is 4.48. The summed E-state index contributed by atoms with van der Waals surface area (Å²) in [4.78, 5) is 30.0. The molecule has 5 N–H and O–H groups in total. The Kier molecular flexibility index (Phi) is 6.29. The fourth-order valence-corrected chi connectivity index (χ4v) is 2.03. The SMILES string of the molecule is N[C@@H](C[C@@H](O)Cc1c[nH]c2ccccc12)C(=O)O.O=C=O. The molecule has 0 aliphatic heterocycles. The van der Waals surface area contributed by atoms with E-state index in [1.807, 2.05) is 30.5 Å². The van der Waals surface area contributed by atoms with Crippen molar-refractivity contribution < 1.29 is 24.6 Å². The van der Waals surface area contributed by atoms with E-state index in [0.29, 0.717) is 6.42 Å². The van der Waals surface area contributed by atoms with E-state index in [1.54, 1.807) is 0 Å². The molecule has 0 fully saturated rings. The van der Waals surface area contributed by atoms with Crippen LogP contribution < -0.4 is 5.73 Å². The highest BCUT2D eigenvalue weighted by molar-refractivity contribution is 5.83. The van der Waals surface area contributed by atoms with Crippen molar-refractivity contribution in [3.8, 4) is 0 Å². The van der Waals surface area contributed by atoms with Gasteiger partial charge < -0.3 is 20.9 Å². The van der Waals surface area contributed by atoms with Crippen LogP contribution in [0, 0.1) is 0 Å². The number of carboxylic acids is 1. The molecule has 1 aromatic carbocycles. The van der Waals surface area contributed by atoms with E-state index in [1.165, 1.54) is 0 Å². The Balaban J connectivity index is 0.000000677. The number of aliphatic hydroxyl groups excluding tert-OH is 1. The molecule has 0 amide bonds. The van der Waals surface area contributed by atoms with Gasteiger partial charge in [0.15, 0.2) is 0 Å². The number of fused-ring (bicyclic) bond motifs is 1. The van der Waals surface area contributed by atoms with Gasteiger partial charge in [-0.15, -0.1) is 0 Å². The lowest BCUT2D eigenvalue weighted by molar-refractivity contribution is -0.191. The number of benzene rings is 1. The quantitative estimate of drug-likeness (QED) is 0.626. The van der Waals surface area contributed by atoms with Crippen molar-refractivity contribution in [3.05, 3.63) is 36.0 Å². The van der Waals surface area contributed by atoms with Gasteiger partial charge in [-0.1, -0.05) is 18.2 Å². The minimum atomic E-state index is -1.09. The number of carboxylic acid groups (broad SMARTS) is 1. The van der Waals surface area contributed by atoms with E-state index in [9.17, 15) is 9.90 Å². The highest BCUT2D eigenvalue weighted by Crippen LogP contribution is 2.19. The van der Waals surface area contributed by atoms with Crippen molar-refractivity contribution in [2.75, 3.05) is 0 Å². The first-order valence-corrected chi connectivity index (χ1v) is 6.20. The Morgan fingerprint density at radius 2 is 1.95 bits per heavy atom. The molecular formula is C14H16N2O5. The number of carbonyl (C=O) groups is 1. The van der Waals surface area contributed by atoms with E-state index in [2.05, 4.69) is 4.98 Å². The van der Waals surface area contributed by atoms with Crippen LogP contribution in [0.3, 0.4) is 0 Å². The van der Waals surface area contributed by atoms with Gasteiger partial charge in [0.2, 0.25) is 0 Å². The molecule has 0 spiro atoms. The molecule has 1 heterocycles. The van der Waals surface area contributed by atoms with Crippen LogP contribution in [-0.2, 0) is 20.8 Å². The molecular weight excluding hydrogens is 276 g/mol. The summed E-state index contributed by atoms with van der Waals surface area (Å²) >= 11 is 0. The zero-order valence-electron chi connectivity index (χ0n) is 11.2. The molecule has 21 heavy (non-hydrogen) atoms. The number of hydrogen-bond acceptors (Lipinski definition) is 5. The first-order chi connectivity index (χ1) is 9.99. The van der Waals surface area contributed by atoms with E-state index >= 15 is 0 Å². The van der Waals surface area contributed by atoms with Crippen molar-refractivity contribution in [3.63, 3.8) is 0 Å². The van der Waals surface area contributed by atoms with Crippen LogP contribution in [0.15, 0.2) is 30.5 Å². The lowest BCUT2D eigenvalue weighted by atomic mass is 10.0. The monoisotopic (exact) mass is 292 g/mol. The Labute approximate surface area is 120 Å². The lowest BCUT2D eigenvalue weighted by Crippen LogP contribution is -2.34. The molecule has 0 bridgehead atoms. The number of rotatable bonds is 5. The smallest absolute Gasteiger partial charge is 0.373 e. The molecule has 0 radical (unpaired) electrons. The molecule has 0 saturated heterocycles. The fourth-order valence-electron chi connectivity index (χ4n) is 2.03. The van der Waals surface area contributed by atoms with E-state index in [0.717, 1.165) is 16.5 Å². The Morgan fingerprint density at radius 3 is 2.57 bits per heavy atom. The number of aliphatic carboxylic acids is 1. The minimum Gasteiger partial charge on any atom is -0.480 e. The molecule has 112 valence electrons. The molecule has 2 rings (SSSR count). The molecule has 7 heteroatoms. The van der Waals surface area contributed by atoms with Crippen LogP contribution in [0.2, 0.25) is 0 Å². The molecule has 1 aromatic heterocycles. The van der Waals surface area contributed by atoms with Crippen molar-refractivity contribution in [2.45, 2.75) is 25.0 Å². The molecule has 0 unspecified atom stereocenters. The Bertz CT molecular complexity index is 631. The fraction of sp³-hybridized carbons (Fsp3) is 0.286. The standard InChI is InChI=1S/C13H16N2O3.CO2/c14-11(13(17)18)6-9(16)5-8-7-15-12-4-2-1-3-10(8)12;2-1-3/h1-4,7,9,11,15-16H,5-6,14H2,(H,17,18);/t9-,11-;/m0./s1. The number of nitrogens with one attached hydrogen (secondary N) is 1. The first kappa shape index (κ1) is 16.6. The van der Waals surface area contributed by atoms with Crippen molar-refractivity contribution in [1.82, 2.24) is 4.98 Å². The minimum absolute atomic E-state index is 0.0504.